The number of H-pyrrole nitrogens is 1. The molecule has 0 saturated carbocycles. The van der Waals surface area contributed by atoms with Crippen molar-refractivity contribution in [1.29, 1.82) is 0 Å². The number of thioether (sulfide) groups is 1. The number of nitrogens with one attached hydrogen (secondary N) is 1. The van der Waals surface area contributed by atoms with Gasteiger partial charge in [0.25, 0.3) is 5.56 Å². The van der Waals surface area contributed by atoms with Gasteiger partial charge in [0, 0.05) is 17.1 Å². The van der Waals surface area contributed by atoms with Crippen molar-refractivity contribution in [2.24, 2.45) is 0 Å². The van der Waals surface area contributed by atoms with E-state index >= 15 is 0 Å². The van der Waals surface area contributed by atoms with Gasteiger partial charge in [-0.3, -0.25) is 9.78 Å². The van der Waals surface area contributed by atoms with Gasteiger partial charge in [-0.1, -0.05) is 0 Å². The largest absolute Gasteiger partial charge is 0.290 e. The maximum absolute atomic E-state index is 11.6. The summed E-state index contributed by atoms with van der Waals surface area (Å²) in [6.45, 7) is 1.82. The van der Waals surface area contributed by atoms with Crippen molar-refractivity contribution in [3.63, 3.8) is 0 Å². The first kappa shape index (κ1) is 8.05. The van der Waals surface area contributed by atoms with E-state index in [1.54, 1.807) is 16.3 Å². The number of fused-ring (bicyclic) bond motifs is 3. The molecular weight excluding hydrogens is 200 g/mol. The summed E-state index contributed by atoms with van der Waals surface area (Å²) in [6, 6.07) is 0. The molecule has 14 heavy (non-hydrogen) atoms. The SMILES string of the molecule is Cc1nc2[nH]c(=O)c3c(n2n1)CSC3. The van der Waals surface area contributed by atoms with Crippen molar-refractivity contribution >= 4 is 17.5 Å². The lowest BCUT2D eigenvalue weighted by Crippen LogP contribution is -2.16. The van der Waals surface area contributed by atoms with Crippen LogP contribution in [0.2, 0.25) is 0 Å². The first-order valence-electron chi connectivity index (χ1n) is 4.31. The first-order chi connectivity index (χ1) is 6.75. The summed E-state index contributed by atoms with van der Waals surface area (Å²) in [6.07, 6.45) is 0. The van der Waals surface area contributed by atoms with Crippen LogP contribution in [0.4, 0.5) is 0 Å². The van der Waals surface area contributed by atoms with Crippen LogP contribution in [0, 0.1) is 6.92 Å². The van der Waals surface area contributed by atoms with E-state index in [0.717, 1.165) is 22.8 Å². The molecule has 3 heterocycles. The summed E-state index contributed by atoms with van der Waals surface area (Å²) in [5.41, 5.74) is 1.81. The molecule has 0 bridgehead atoms. The molecule has 0 radical (unpaired) electrons. The summed E-state index contributed by atoms with van der Waals surface area (Å²) in [7, 11) is 0. The second-order valence-corrected chi connectivity index (χ2v) is 4.25. The van der Waals surface area contributed by atoms with E-state index in [9.17, 15) is 4.79 Å². The zero-order valence-corrected chi connectivity index (χ0v) is 8.39. The van der Waals surface area contributed by atoms with E-state index in [2.05, 4.69) is 15.1 Å². The zero-order valence-electron chi connectivity index (χ0n) is 7.57. The van der Waals surface area contributed by atoms with Gasteiger partial charge in [-0.25, -0.2) is 4.52 Å². The van der Waals surface area contributed by atoms with Crippen molar-refractivity contribution in [2.75, 3.05) is 0 Å². The Hall–Kier alpha value is -1.30. The van der Waals surface area contributed by atoms with E-state index in [0.29, 0.717) is 11.6 Å². The molecular formula is C8H8N4OS. The van der Waals surface area contributed by atoms with E-state index in [1.165, 1.54) is 0 Å². The second-order valence-electron chi connectivity index (χ2n) is 3.27. The second kappa shape index (κ2) is 2.60. The van der Waals surface area contributed by atoms with Crippen molar-refractivity contribution in [1.82, 2.24) is 19.6 Å². The Morgan fingerprint density at radius 3 is 3.21 bits per heavy atom. The van der Waals surface area contributed by atoms with Gasteiger partial charge in [-0.15, -0.1) is 0 Å². The van der Waals surface area contributed by atoms with Crippen LogP contribution in [0.5, 0.6) is 0 Å². The Kier molecular flexibility index (Phi) is 1.49. The normalized spacial score (nSPS) is 14.9. The molecule has 0 aromatic carbocycles. The number of aromatic amines is 1. The van der Waals surface area contributed by atoms with Gasteiger partial charge >= 0.3 is 0 Å². The summed E-state index contributed by atoms with van der Waals surface area (Å²) < 4.78 is 1.74. The number of rotatable bonds is 0. The molecule has 2 aromatic rings. The van der Waals surface area contributed by atoms with Crippen LogP contribution < -0.4 is 5.56 Å². The first-order valence-corrected chi connectivity index (χ1v) is 5.46. The average molecular weight is 208 g/mol. The summed E-state index contributed by atoms with van der Waals surface area (Å²) in [4.78, 5) is 18.5. The lowest BCUT2D eigenvalue weighted by atomic mass is 10.3. The molecule has 2 aromatic heterocycles. The molecule has 72 valence electrons. The summed E-state index contributed by atoms with van der Waals surface area (Å²) in [5.74, 6) is 2.86. The molecule has 1 aliphatic heterocycles. The van der Waals surface area contributed by atoms with Gasteiger partial charge in [-0.2, -0.15) is 21.8 Å². The molecule has 5 nitrogen and oxygen atoms in total. The fourth-order valence-corrected chi connectivity index (χ4v) is 2.76. The minimum atomic E-state index is -0.0232. The predicted molar refractivity (Wildman–Crippen MR) is 53.3 cm³/mol. The predicted octanol–water partition coefficient (Wildman–Crippen LogP) is 0.473. The van der Waals surface area contributed by atoms with Gasteiger partial charge in [-0.05, 0) is 6.92 Å². The topological polar surface area (TPSA) is 63.0 Å². The van der Waals surface area contributed by atoms with E-state index in [4.69, 9.17) is 0 Å². The van der Waals surface area contributed by atoms with Crippen molar-refractivity contribution in [2.45, 2.75) is 18.4 Å². The van der Waals surface area contributed by atoms with E-state index in [1.807, 2.05) is 6.92 Å². The average Bonchev–Trinajstić information content (AvgIpc) is 2.69. The van der Waals surface area contributed by atoms with Gasteiger partial charge in [0.05, 0.1) is 5.69 Å². The maximum Gasteiger partial charge on any atom is 0.256 e. The number of nitrogens with zero attached hydrogens (tertiary/aromatic N) is 3. The smallest absolute Gasteiger partial charge is 0.256 e. The lowest BCUT2D eigenvalue weighted by Gasteiger charge is -1.98. The van der Waals surface area contributed by atoms with Crippen LogP contribution >= 0.6 is 11.8 Å². The van der Waals surface area contributed by atoms with Gasteiger partial charge in [0.2, 0.25) is 5.78 Å². The van der Waals surface area contributed by atoms with Gasteiger partial charge in [0.1, 0.15) is 5.82 Å². The molecule has 0 atom stereocenters. The molecule has 0 spiro atoms. The third-order valence-electron chi connectivity index (χ3n) is 2.30. The molecule has 0 fully saturated rings. The number of hydrogen-bond acceptors (Lipinski definition) is 4. The van der Waals surface area contributed by atoms with Gasteiger partial charge in [0.15, 0.2) is 0 Å². The highest BCUT2D eigenvalue weighted by Gasteiger charge is 2.19. The number of aryl methyl sites for hydroxylation is 1. The van der Waals surface area contributed by atoms with Crippen LogP contribution in [-0.4, -0.2) is 19.6 Å². The van der Waals surface area contributed by atoms with Crippen LogP contribution in [0.25, 0.3) is 5.78 Å². The molecule has 0 unspecified atom stereocenters. The number of aromatic nitrogens is 4. The molecule has 3 rings (SSSR count). The molecule has 0 amide bonds. The molecule has 1 N–H and O–H groups in total. The Morgan fingerprint density at radius 2 is 2.36 bits per heavy atom. The Labute approximate surface area is 83.6 Å². The minimum absolute atomic E-state index is 0.0232. The quantitative estimate of drug-likeness (QED) is 0.683. The Bertz CT molecular complexity index is 570. The maximum atomic E-state index is 11.6. The Morgan fingerprint density at radius 1 is 1.50 bits per heavy atom. The standard InChI is InChI=1S/C8H8N4OS/c1-4-9-8-10-7(13)5-2-14-3-6(5)12(8)11-4/h2-3H2,1H3,(H,9,10,11,13). The third-order valence-corrected chi connectivity index (χ3v) is 3.27. The highest BCUT2D eigenvalue weighted by molar-refractivity contribution is 7.98. The van der Waals surface area contributed by atoms with Crippen molar-refractivity contribution in [3.05, 3.63) is 27.4 Å². The fourth-order valence-electron chi connectivity index (χ4n) is 1.67. The third kappa shape index (κ3) is 0.942. The van der Waals surface area contributed by atoms with Crippen LogP contribution in [0.3, 0.4) is 0 Å². The molecule has 0 aliphatic carbocycles. The highest BCUT2D eigenvalue weighted by Crippen LogP contribution is 2.26. The van der Waals surface area contributed by atoms with Gasteiger partial charge < -0.3 is 0 Å². The van der Waals surface area contributed by atoms with E-state index < -0.39 is 0 Å². The summed E-state index contributed by atoms with van der Waals surface area (Å²) in [5, 5.41) is 4.25. The van der Waals surface area contributed by atoms with E-state index in [-0.39, 0.29) is 5.56 Å². The van der Waals surface area contributed by atoms with Crippen molar-refractivity contribution < 1.29 is 0 Å². The van der Waals surface area contributed by atoms with Crippen molar-refractivity contribution in [3.8, 4) is 0 Å². The monoisotopic (exact) mass is 208 g/mol. The van der Waals surface area contributed by atoms with Crippen LogP contribution in [0.1, 0.15) is 17.1 Å². The fraction of sp³-hybridized carbons (Fsp3) is 0.375. The molecule has 0 saturated heterocycles. The van der Waals surface area contributed by atoms with Crippen LogP contribution in [0.15, 0.2) is 4.79 Å². The minimum Gasteiger partial charge on any atom is -0.290 e. The lowest BCUT2D eigenvalue weighted by molar-refractivity contribution is 0.857. The Balaban J connectivity index is 2.51. The summed E-state index contributed by atoms with van der Waals surface area (Å²) >= 11 is 1.73. The zero-order chi connectivity index (χ0) is 9.71. The highest BCUT2D eigenvalue weighted by atomic mass is 32.2. The molecule has 6 heteroatoms. The molecule has 1 aliphatic rings. The number of hydrogen-bond donors (Lipinski definition) is 1. The van der Waals surface area contributed by atoms with Crippen LogP contribution in [-0.2, 0) is 11.5 Å².